The summed E-state index contributed by atoms with van der Waals surface area (Å²) in [5.74, 6) is -2.82. The maximum absolute atomic E-state index is 17.6. The molecule has 4 aliphatic carbocycles. The lowest BCUT2D eigenvalue weighted by Crippen LogP contribution is -2.70. The van der Waals surface area contributed by atoms with Crippen LogP contribution in [-0.4, -0.2) is 46.8 Å². The molecule has 0 aliphatic heterocycles. The average molecular weight is 517 g/mol. The number of esters is 2. The normalized spacial score (nSPS) is 43.4. The summed E-state index contributed by atoms with van der Waals surface area (Å²) < 4.78 is 28.8. The largest absolute Gasteiger partial charge is 0.457 e. The predicted octanol–water partition coefficient (Wildman–Crippen LogP) is 5.19. The number of ether oxygens (including phenoxy) is 2. The van der Waals surface area contributed by atoms with Gasteiger partial charge in [-0.1, -0.05) is 57.6 Å². The van der Waals surface area contributed by atoms with Gasteiger partial charge in [0.05, 0.1) is 6.10 Å². The van der Waals surface area contributed by atoms with E-state index in [0.29, 0.717) is 19.3 Å². The fourth-order valence-electron chi connectivity index (χ4n) is 8.23. The van der Waals surface area contributed by atoms with Crippen molar-refractivity contribution in [2.75, 3.05) is 6.61 Å². The lowest BCUT2D eigenvalue weighted by atomic mass is 9.44. The lowest BCUT2D eigenvalue weighted by molar-refractivity contribution is -0.228. The summed E-state index contributed by atoms with van der Waals surface area (Å²) in [6.45, 7) is 10.3. The molecule has 4 rings (SSSR count). The number of fused-ring (bicyclic) bond motifs is 5. The van der Waals surface area contributed by atoms with Gasteiger partial charge in [-0.2, -0.15) is 0 Å². The lowest BCUT2D eigenvalue weighted by Gasteiger charge is -2.63. The van der Waals surface area contributed by atoms with E-state index in [1.54, 1.807) is 13.8 Å². The maximum Gasteiger partial charge on any atom is 0.306 e. The first kappa shape index (κ1) is 27.7. The van der Waals surface area contributed by atoms with Gasteiger partial charge >= 0.3 is 11.9 Å². The van der Waals surface area contributed by atoms with Crippen molar-refractivity contribution in [3.63, 3.8) is 0 Å². The van der Waals surface area contributed by atoms with E-state index in [4.69, 9.17) is 9.47 Å². The molecule has 8 atom stereocenters. The Bertz CT molecular complexity index is 1080. The molecule has 0 aromatic carbocycles. The number of ketones is 1. The van der Waals surface area contributed by atoms with Crippen LogP contribution < -0.4 is 0 Å². The summed E-state index contributed by atoms with van der Waals surface area (Å²) in [5.41, 5.74) is -3.54. The molecule has 37 heavy (non-hydrogen) atoms. The maximum atomic E-state index is 17.6. The Morgan fingerprint density at radius 1 is 1.16 bits per heavy atom. The van der Waals surface area contributed by atoms with Crippen LogP contribution in [0.3, 0.4) is 0 Å². The minimum absolute atomic E-state index is 0.0351. The van der Waals surface area contributed by atoms with Crippen molar-refractivity contribution in [2.24, 2.45) is 28.6 Å². The molecule has 0 spiro atoms. The smallest absolute Gasteiger partial charge is 0.306 e. The minimum atomic E-state index is -1.93. The quantitative estimate of drug-likeness (QED) is 0.489. The van der Waals surface area contributed by atoms with Crippen molar-refractivity contribution >= 4 is 17.7 Å². The molecule has 204 valence electrons. The van der Waals surface area contributed by atoms with Crippen LogP contribution in [0.4, 0.5) is 4.39 Å². The van der Waals surface area contributed by atoms with E-state index < -0.39 is 64.4 Å². The van der Waals surface area contributed by atoms with E-state index in [0.717, 1.165) is 11.1 Å². The molecule has 3 saturated carbocycles. The van der Waals surface area contributed by atoms with Crippen LogP contribution in [0.15, 0.2) is 35.5 Å². The highest BCUT2D eigenvalue weighted by Crippen LogP contribution is 2.71. The van der Waals surface area contributed by atoms with Gasteiger partial charge in [-0.15, -0.1) is 0 Å². The Hall–Kier alpha value is -2.28. The fourth-order valence-corrected chi connectivity index (χ4v) is 8.23. The van der Waals surface area contributed by atoms with Crippen molar-refractivity contribution in [3.8, 4) is 0 Å². The van der Waals surface area contributed by atoms with Crippen LogP contribution in [0.2, 0.25) is 0 Å². The second kappa shape index (κ2) is 9.48. The van der Waals surface area contributed by atoms with Gasteiger partial charge < -0.3 is 14.6 Å². The number of carbonyl (C=O) groups excluding carboxylic acids is 3. The van der Waals surface area contributed by atoms with Crippen LogP contribution in [0, 0.1) is 28.6 Å². The van der Waals surface area contributed by atoms with Crippen LogP contribution in [0.1, 0.15) is 80.1 Å². The summed E-state index contributed by atoms with van der Waals surface area (Å²) in [7, 11) is 0. The van der Waals surface area contributed by atoms with Crippen LogP contribution in [0.5, 0.6) is 0 Å². The first-order valence-corrected chi connectivity index (χ1v) is 13.7. The molecule has 3 fully saturated rings. The Balaban J connectivity index is 1.80. The fraction of sp³-hybridized carbons (Fsp3) is 0.700. The average Bonchev–Trinajstić information content (AvgIpc) is 3.09. The van der Waals surface area contributed by atoms with E-state index in [-0.39, 0.29) is 25.2 Å². The van der Waals surface area contributed by atoms with Gasteiger partial charge in [0.2, 0.25) is 5.78 Å². The summed E-state index contributed by atoms with van der Waals surface area (Å²) in [6.07, 6.45) is 8.31. The first-order valence-electron chi connectivity index (χ1n) is 13.7. The monoisotopic (exact) mass is 516 g/mol. The number of allylic oxidation sites excluding steroid dienone is 6. The van der Waals surface area contributed by atoms with E-state index in [2.05, 4.69) is 0 Å². The Labute approximate surface area is 219 Å². The zero-order valence-corrected chi connectivity index (χ0v) is 22.9. The van der Waals surface area contributed by atoms with Gasteiger partial charge in [-0.05, 0) is 51.0 Å². The molecule has 0 unspecified atom stereocenters. The number of Topliss-reactive ketones (excluding diaryl/α,β-unsaturated/α-hetero) is 1. The van der Waals surface area contributed by atoms with E-state index in [9.17, 15) is 19.5 Å². The highest BCUT2D eigenvalue weighted by molar-refractivity contribution is 5.93. The molecule has 7 heteroatoms. The zero-order chi connectivity index (χ0) is 27.4. The van der Waals surface area contributed by atoms with Gasteiger partial charge in [-0.3, -0.25) is 14.4 Å². The van der Waals surface area contributed by atoms with Gasteiger partial charge in [0.1, 0.15) is 0 Å². The second-order valence-electron chi connectivity index (χ2n) is 11.8. The molecule has 6 nitrogen and oxygen atoms in total. The number of aliphatic hydroxyl groups excluding tert-OH is 1. The molecular formula is C30H41FO6. The molecule has 0 heterocycles. The first-order chi connectivity index (χ1) is 17.3. The number of halogens is 1. The molecule has 4 aliphatic rings. The van der Waals surface area contributed by atoms with E-state index in [1.165, 1.54) is 0 Å². The summed E-state index contributed by atoms with van der Waals surface area (Å²) in [5, 5.41) is 11.7. The van der Waals surface area contributed by atoms with Crippen LogP contribution in [0.25, 0.3) is 0 Å². The van der Waals surface area contributed by atoms with E-state index in [1.807, 2.05) is 52.0 Å². The number of hydrogen-bond acceptors (Lipinski definition) is 6. The Kier molecular flexibility index (Phi) is 7.11. The molecule has 0 saturated heterocycles. The standard InChI is InChI=1S/C30H41FO6/c1-7-19-12-13-27(5)20(15-19)10-11-21-22-14-18(4)30(37-26(35)9-3,24(33)17-36-25(34)8-2)28(22,6)16-23(32)29(21,27)31/h7,12-13,15,18,21-23,32H,8-11,14,16-17H2,1-6H3/b19-7+/t18-,21-,22-,23-,27-,28-,29-,30-/m0/s1. The number of hydrogen-bond donors (Lipinski definition) is 1. The van der Waals surface area contributed by atoms with Crippen LogP contribution in [-0.2, 0) is 23.9 Å². The van der Waals surface area contributed by atoms with Gasteiger partial charge in [-0.25, -0.2) is 4.39 Å². The van der Waals surface area contributed by atoms with E-state index >= 15 is 4.39 Å². The molecule has 0 radical (unpaired) electrons. The van der Waals surface area contributed by atoms with Crippen molar-refractivity contribution in [3.05, 3.63) is 35.5 Å². The number of rotatable bonds is 6. The topological polar surface area (TPSA) is 89.9 Å². The van der Waals surface area contributed by atoms with Crippen molar-refractivity contribution in [1.82, 2.24) is 0 Å². The molecular weight excluding hydrogens is 475 g/mol. The highest BCUT2D eigenvalue weighted by atomic mass is 19.1. The van der Waals surface area contributed by atoms with Gasteiger partial charge in [0.15, 0.2) is 17.9 Å². The third-order valence-corrected chi connectivity index (χ3v) is 10.2. The summed E-state index contributed by atoms with van der Waals surface area (Å²) in [4.78, 5) is 38.4. The molecule has 0 aromatic heterocycles. The third-order valence-electron chi connectivity index (χ3n) is 10.2. The van der Waals surface area contributed by atoms with Gasteiger partial charge in [0, 0.05) is 35.5 Å². The van der Waals surface area contributed by atoms with Crippen molar-refractivity contribution in [2.45, 2.75) is 97.4 Å². The molecule has 0 amide bonds. The van der Waals surface area contributed by atoms with Crippen molar-refractivity contribution < 1.29 is 33.4 Å². The van der Waals surface area contributed by atoms with Crippen molar-refractivity contribution in [1.29, 1.82) is 0 Å². The highest BCUT2D eigenvalue weighted by Gasteiger charge is 2.77. The molecule has 1 N–H and O–H groups in total. The molecule has 0 bridgehead atoms. The Morgan fingerprint density at radius 3 is 2.46 bits per heavy atom. The number of alkyl halides is 1. The summed E-state index contributed by atoms with van der Waals surface area (Å²) in [6, 6.07) is 0. The number of carbonyl (C=O) groups is 3. The second-order valence-corrected chi connectivity index (χ2v) is 11.8. The predicted molar refractivity (Wildman–Crippen MR) is 137 cm³/mol. The van der Waals surface area contributed by atoms with Gasteiger partial charge in [0.25, 0.3) is 0 Å². The van der Waals surface area contributed by atoms with Crippen LogP contribution >= 0.6 is 0 Å². The third kappa shape index (κ3) is 3.70. The number of aliphatic hydroxyl groups is 1. The summed E-state index contributed by atoms with van der Waals surface area (Å²) >= 11 is 0. The Morgan fingerprint density at radius 2 is 1.84 bits per heavy atom. The minimum Gasteiger partial charge on any atom is -0.457 e. The zero-order valence-electron chi connectivity index (χ0n) is 22.9. The molecule has 0 aromatic rings. The SMILES string of the molecule is C/C=C1\C=C[C@@]2(C)C(=C1)CC[C@H]1[C@@H]3C[C@H](C)[C@](OC(=O)CC)(C(=O)COC(=O)CC)[C@@]3(C)C[C@H](O)[C@@]12F.